The third-order valence-corrected chi connectivity index (χ3v) is 4.91. The van der Waals surface area contributed by atoms with E-state index in [2.05, 4.69) is 0 Å². The highest BCUT2D eigenvalue weighted by atomic mass is 16.6. The van der Waals surface area contributed by atoms with E-state index in [1.807, 2.05) is 27.7 Å². The van der Waals surface area contributed by atoms with Gasteiger partial charge >= 0.3 is 6.09 Å². The first kappa shape index (κ1) is 18.2. The maximum absolute atomic E-state index is 12.7. The van der Waals surface area contributed by atoms with Crippen LogP contribution < -0.4 is 0 Å². The second-order valence-corrected chi connectivity index (χ2v) is 7.87. The molecule has 1 saturated heterocycles. The fraction of sp³-hybridized carbons (Fsp3) is 0.889. The number of aldehydes is 1. The first-order chi connectivity index (χ1) is 10.8. The molecule has 1 heterocycles. The van der Waals surface area contributed by atoms with E-state index < -0.39 is 17.4 Å². The van der Waals surface area contributed by atoms with Crippen molar-refractivity contribution in [3.05, 3.63) is 0 Å². The minimum Gasteiger partial charge on any atom is -0.444 e. The van der Waals surface area contributed by atoms with Gasteiger partial charge in [0, 0.05) is 0 Å². The van der Waals surface area contributed by atoms with Crippen molar-refractivity contribution < 1.29 is 19.1 Å². The molecule has 2 aliphatic rings. The third kappa shape index (κ3) is 4.25. The van der Waals surface area contributed by atoms with E-state index in [1.54, 1.807) is 4.90 Å². The van der Waals surface area contributed by atoms with Crippen LogP contribution in [-0.2, 0) is 14.3 Å². The van der Waals surface area contributed by atoms with Crippen molar-refractivity contribution in [2.24, 2.45) is 5.92 Å². The Morgan fingerprint density at radius 1 is 1.30 bits per heavy atom. The predicted molar refractivity (Wildman–Crippen MR) is 88.1 cm³/mol. The lowest BCUT2D eigenvalue weighted by Gasteiger charge is -2.37. The van der Waals surface area contributed by atoms with Crippen LogP contribution in [0.1, 0.15) is 72.6 Å². The van der Waals surface area contributed by atoms with Gasteiger partial charge in [0.05, 0.1) is 12.6 Å². The molecule has 23 heavy (non-hydrogen) atoms. The fourth-order valence-corrected chi connectivity index (χ4v) is 3.74. The summed E-state index contributed by atoms with van der Waals surface area (Å²) >= 11 is 0. The molecule has 2 atom stereocenters. The summed E-state index contributed by atoms with van der Waals surface area (Å²) in [6, 6.07) is -0.0712. The van der Waals surface area contributed by atoms with Crippen molar-refractivity contribution in [2.45, 2.75) is 90.0 Å². The van der Waals surface area contributed by atoms with E-state index in [0.29, 0.717) is 18.9 Å². The lowest BCUT2D eigenvalue weighted by molar-refractivity contribution is -0.141. The summed E-state index contributed by atoms with van der Waals surface area (Å²) in [6.45, 7) is 7.81. The van der Waals surface area contributed by atoms with Crippen LogP contribution in [0.15, 0.2) is 0 Å². The predicted octanol–water partition coefficient (Wildman–Crippen LogP) is 3.90. The third-order valence-electron chi connectivity index (χ3n) is 4.91. The Morgan fingerprint density at radius 3 is 2.48 bits per heavy atom. The number of rotatable bonds is 4. The van der Waals surface area contributed by atoms with Crippen LogP contribution in [0.3, 0.4) is 0 Å². The summed E-state index contributed by atoms with van der Waals surface area (Å²) in [6.07, 6.45) is 7.90. The molecule has 2 rings (SSSR count). The van der Waals surface area contributed by atoms with Gasteiger partial charge in [0.15, 0.2) is 6.29 Å². The van der Waals surface area contributed by atoms with Crippen LogP contribution in [-0.4, -0.2) is 41.3 Å². The average Bonchev–Trinajstić information content (AvgIpc) is 2.85. The molecular formula is C18H31NO4. The lowest BCUT2D eigenvalue weighted by atomic mass is 9.84. The van der Waals surface area contributed by atoms with Crippen molar-refractivity contribution in [2.75, 3.05) is 6.61 Å². The van der Waals surface area contributed by atoms with Crippen molar-refractivity contribution in [3.63, 3.8) is 0 Å². The molecule has 1 aliphatic heterocycles. The fourth-order valence-electron chi connectivity index (χ4n) is 3.74. The molecule has 0 aromatic rings. The zero-order valence-corrected chi connectivity index (χ0v) is 15.0. The van der Waals surface area contributed by atoms with Gasteiger partial charge in [-0.1, -0.05) is 39.0 Å². The zero-order valence-electron chi connectivity index (χ0n) is 15.0. The molecule has 0 N–H and O–H groups in total. The van der Waals surface area contributed by atoms with E-state index in [-0.39, 0.29) is 6.04 Å². The summed E-state index contributed by atoms with van der Waals surface area (Å²) in [5, 5.41) is 0. The maximum Gasteiger partial charge on any atom is 0.413 e. The second kappa shape index (κ2) is 7.20. The van der Waals surface area contributed by atoms with Gasteiger partial charge in [0.25, 0.3) is 0 Å². The SMILES string of the molecule is CCC1(C=O)OCC(CC2CCCCC2)N1C(=O)OC(C)(C)C. The topological polar surface area (TPSA) is 55.8 Å². The molecule has 1 saturated carbocycles. The number of hydrogen-bond donors (Lipinski definition) is 0. The molecule has 1 amide bonds. The highest BCUT2D eigenvalue weighted by molar-refractivity contribution is 5.76. The molecule has 0 aromatic carbocycles. The normalized spacial score (nSPS) is 29.6. The first-order valence-corrected chi connectivity index (χ1v) is 8.94. The Labute approximate surface area is 139 Å². The highest BCUT2D eigenvalue weighted by Gasteiger charge is 2.51. The van der Waals surface area contributed by atoms with Gasteiger partial charge in [-0.05, 0) is 39.5 Å². The van der Waals surface area contributed by atoms with E-state index in [4.69, 9.17) is 9.47 Å². The Kier molecular flexibility index (Phi) is 5.71. The van der Waals surface area contributed by atoms with Gasteiger partial charge in [-0.2, -0.15) is 0 Å². The Bertz CT molecular complexity index is 425. The minimum absolute atomic E-state index is 0.0712. The molecule has 2 fully saturated rings. The number of amides is 1. The lowest BCUT2D eigenvalue weighted by Crippen LogP contribution is -2.54. The van der Waals surface area contributed by atoms with Crippen molar-refractivity contribution in [1.29, 1.82) is 0 Å². The Morgan fingerprint density at radius 2 is 1.96 bits per heavy atom. The number of hydrogen-bond acceptors (Lipinski definition) is 4. The molecule has 2 unspecified atom stereocenters. The van der Waals surface area contributed by atoms with Crippen LogP contribution in [0.2, 0.25) is 0 Å². The Balaban J connectivity index is 2.15. The summed E-state index contributed by atoms with van der Waals surface area (Å²) in [7, 11) is 0. The standard InChI is InChI=1S/C18H31NO4/c1-5-18(13-20)19(16(21)23-17(2,3)4)15(12-22-18)11-14-9-7-6-8-10-14/h13-15H,5-12H2,1-4H3. The van der Waals surface area contributed by atoms with Gasteiger partial charge in [0.2, 0.25) is 5.72 Å². The quantitative estimate of drug-likeness (QED) is 0.736. The average molecular weight is 325 g/mol. The van der Waals surface area contributed by atoms with E-state index in [0.717, 1.165) is 12.7 Å². The monoisotopic (exact) mass is 325 g/mol. The second-order valence-electron chi connectivity index (χ2n) is 7.87. The largest absolute Gasteiger partial charge is 0.444 e. The number of carbonyl (C=O) groups is 2. The maximum atomic E-state index is 12.7. The molecule has 0 aromatic heterocycles. The van der Waals surface area contributed by atoms with Crippen molar-refractivity contribution in [3.8, 4) is 0 Å². The zero-order chi connectivity index (χ0) is 17.1. The van der Waals surface area contributed by atoms with Crippen LogP contribution in [0.25, 0.3) is 0 Å². The summed E-state index contributed by atoms with van der Waals surface area (Å²) in [5.41, 5.74) is -1.75. The number of ether oxygens (including phenoxy) is 2. The molecule has 0 bridgehead atoms. The summed E-state index contributed by atoms with van der Waals surface area (Å²) < 4.78 is 11.3. The molecule has 1 aliphatic carbocycles. The van der Waals surface area contributed by atoms with E-state index in [1.165, 1.54) is 32.1 Å². The smallest absolute Gasteiger partial charge is 0.413 e. The van der Waals surface area contributed by atoms with E-state index >= 15 is 0 Å². The van der Waals surface area contributed by atoms with Crippen LogP contribution in [0, 0.1) is 5.92 Å². The Hall–Kier alpha value is -1.10. The summed E-state index contributed by atoms with van der Waals surface area (Å²) in [4.78, 5) is 26.0. The van der Waals surface area contributed by atoms with Gasteiger partial charge in [-0.3, -0.25) is 9.69 Å². The molecule has 0 radical (unpaired) electrons. The van der Waals surface area contributed by atoms with Gasteiger partial charge in [0.1, 0.15) is 5.60 Å². The van der Waals surface area contributed by atoms with Crippen molar-refractivity contribution in [1.82, 2.24) is 4.90 Å². The van der Waals surface area contributed by atoms with Gasteiger partial charge < -0.3 is 9.47 Å². The first-order valence-electron chi connectivity index (χ1n) is 8.94. The molecule has 5 heteroatoms. The molecule has 5 nitrogen and oxygen atoms in total. The van der Waals surface area contributed by atoms with Crippen molar-refractivity contribution >= 4 is 12.4 Å². The van der Waals surface area contributed by atoms with Crippen LogP contribution in [0.5, 0.6) is 0 Å². The van der Waals surface area contributed by atoms with E-state index in [9.17, 15) is 9.59 Å². The van der Waals surface area contributed by atoms with Crippen LogP contribution in [0.4, 0.5) is 4.79 Å². The van der Waals surface area contributed by atoms with Gasteiger partial charge in [-0.25, -0.2) is 4.79 Å². The van der Waals surface area contributed by atoms with Crippen LogP contribution >= 0.6 is 0 Å². The number of carbonyl (C=O) groups excluding carboxylic acids is 2. The molecule has 0 spiro atoms. The highest BCUT2D eigenvalue weighted by Crippen LogP contribution is 2.36. The molecule has 132 valence electrons. The molecular weight excluding hydrogens is 294 g/mol. The summed E-state index contributed by atoms with van der Waals surface area (Å²) in [5.74, 6) is 0.613. The van der Waals surface area contributed by atoms with Gasteiger partial charge in [-0.15, -0.1) is 0 Å². The number of nitrogens with zero attached hydrogens (tertiary/aromatic N) is 1. The minimum atomic E-state index is -1.17.